The molecule has 1 aromatic carbocycles. The number of nitrogens with zero attached hydrogens (tertiary/aromatic N) is 2. The molecule has 7 heteroatoms. The van der Waals surface area contributed by atoms with E-state index < -0.39 is 0 Å². The van der Waals surface area contributed by atoms with E-state index >= 15 is 0 Å². The Morgan fingerprint density at radius 2 is 2.06 bits per heavy atom. The molecule has 0 fully saturated rings. The van der Waals surface area contributed by atoms with Crippen molar-refractivity contribution >= 4 is 50.9 Å². The molecule has 0 aliphatic heterocycles. The van der Waals surface area contributed by atoms with Crippen molar-refractivity contribution < 1.29 is 4.79 Å². The lowest BCUT2D eigenvalue weighted by Gasteiger charge is -2.05. The molecular weight excluding hydrogens is 341 g/mol. The molecule has 0 atom stereocenters. The van der Waals surface area contributed by atoms with Crippen molar-refractivity contribution in [3.63, 3.8) is 0 Å². The van der Waals surface area contributed by atoms with Crippen molar-refractivity contribution in [1.82, 2.24) is 9.97 Å². The summed E-state index contributed by atoms with van der Waals surface area (Å²) in [6.07, 6.45) is 2.79. The summed E-state index contributed by atoms with van der Waals surface area (Å²) in [5.74, 6) is -0.0486. The molecule has 1 amide bonds. The molecule has 0 saturated heterocycles. The average molecular weight is 347 g/mol. The first kappa shape index (κ1) is 13.3. The van der Waals surface area contributed by atoms with Gasteiger partial charge in [-0.15, -0.1) is 0 Å². The number of hydrogen-bond acceptors (Lipinski definition) is 3. The Morgan fingerprint density at radius 3 is 2.72 bits per heavy atom. The average Bonchev–Trinajstić information content (AvgIpc) is 2.32. The highest BCUT2D eigenvalue weighted by Gasteiger charge is 2.09. The zero-order chi connectivity index (χ0) is 13.1. The molecule has 0 unspecified atom stereocenters. The molecule has 0 radical (unpaired) electrons. The number of amides is 1. The maximum absolute atomic E-state index is 11.9. The second-order valence-corrected chi connectivity index (χ2v) is 4.96. The topological polar surface area (TPSA) is 54.9 Å². The Morgan fingerprint density at radius 1 is 1.28 bits per heavy atom. The summed E-state index contributed by atoms with van der Waals surface area (Å²) >= 11 is 14.8. The van der Waals surface area contributed by atoms with Crippen LogP contribution in [0.1, 0.15) is 10.4 Å². The first-order valence-corrected chi connectivity index (χ1v) is 6.35. The molecule has 18 heavy (non-hydrogen) atoms. The van der Waals surface area contributed by atoms with Crippen LogP contribution in [0.5, 0.6) is 0 Å². The van der Waals surface area contributed by atoms with Crippen LogP contribution in [-0.2, 0) is 0 Å². The summed E-state index contributed by atoms with van der Waals surface area (Å²) in [7, 11) is 0. The molecule has 1 N–H and O–H groups in total. The molecule has 92 valence electrons. The number of rotatable bonds is 2. The zero-order valence-corrected chi connectivity index (χ0v) is 11.9. The summed E-state index contributed by atoms with van der Waals surface area (Å²) in [5.41, 5.74) is 0.421. The molecule has 0 aliphatic rings. The van der Waals surface area contributed by atoms with Gasteiger partial charge in [-0.05, 0) is 34.1 Å². The van der Waals surface area contributed by atoms with Crippen molar-refractivity contribution in [3.8, 4) is 0 Å². The highest BCUT2D eigenvalue weighted by molar-refractivity contribution is 9.10. The van der Waals surface area contributed by atoms with Crippen molar-refractivity contribution in [2.45, 2.75) is 0 Å². The third kappa shape index (κ3) is 3.19. The Bertz CT molecular complexity index is 607. The van der Waals surface area contributed by atoms with Crippen LogP contribution in [0.3, 0.4) is 0 Å². The summed E-state index contributed by atoms with van der Waals surface area (Å²) in [4.78, 5) is 19.6. The van der Waals surface area contributed by atoms with Gasteiger partial charge in [-0.3, -0.25) is 9.78 Å². The molecule has 2 rings (SSSR count). The van der Waals surface area contributed by atoms with E-state index in [2.05, 4.69) is 31.2 Å². The minimum atomic E-state index is -0.332. The smallest absolute Gasteiger partial charge is 0.256 e. The van der Waals surface area contributed by atoms with E-state index in [9.17, 15) is 4.79 Å². The lowest BCUT2D eigenvalue weighted by molar-refractivity contribution is 0.102. The van der Waals surface area contributed by atoms with Gasteiger partial charge in [0.25, 0.3) is 5.91 Å². The van der Waals surface area contributed by atoms with Crippen molar-refractivity contribution in [2.75, 3.05) is 5.32 Å². The fourth-order valence-electron chi connectivity index (χ4n) is 1.23. The summed E-state index contributed by atoms with van der Waals surface area (Å²) in [6, 6.07) is 4.89. The Balaban J connectivity index is 2.19. The number of aromatic nitrogens is 2. The van der Waals surface area contributed by atoms with Crippen LogP contribution in [0, 0.1) is 0 Å². The first-order valence-electron chi connectivity index (χ1n) is 4.80. The predicted octanol–water partition coefficient (Wildman–Crippen LogP) is 3.80. The van der Waals surface area contributed by atoms with Crippen LogP contribution in [0.4, 0.5) is 5.82 Å². The van der Waals surface area contributed by atoms with Crippen LogP contribution in [0.2, 0.25) is 10.2 Å². The minimum absolute atomic E-state index is 0.210. The summed E-state index contributed by atoms with van der Waals surface area (Å²) in [5, 5.41) is 3.24. The summed E-state index contributed by atoms with van der Waals surface area (Å²) < 4.78 is 0.725. The van der Waals surface area contributed by atoms with E-state index in [0.29, 0.717) is 10.6 Å². The maximum atomic E-state index is 11.9. The van der Waals surface area contributed by atoms with Gasteiger partial charge in [0.2, 0.25) is 0 Å². The third-order valence-corrected chi connectivity index (χ3v) is 3.44. The molecular formula is C11H6BrCl2N3O. The van der Waals surface area contributed by atoms with Crippen LogP contribution in [-0.4, -0.2) is 15.9 Å². The van der Waals surface area contributed by atoms with E-state index in [1.54, 1.807) is 18.2 Å². The fourth-order valence-corrected chi connectivity index (χ4v) is 1.80. The quantitative estimate of drug-likeness (QED) is 0.899. The van der Waals surface area contributed by atoms with Crippen molar-refractivity contribution in [3.05, 3.63) is 50.8 Å². The van der Waals surface area contributed by atoms with Crippen molar-refractivity contribution in [1.29, 1.82) is 0 Å². The largest absolute Gasteiger partial charge is 0.305 e. The normalized spacial score (nSPS) is 10.2. The van der Waals surface area contributed by atoms with Crippen LogP contribution >= 0.6 is 39.1 Å². The van der Waals surface area contributed by atoms with E-state index in [1.165, 1.54) is 12.4 Å². The van der Waals surface area contributed by atoms with Gasteiger partial charge in [0.05, 0.1) is 17.4 Å². The zero-order valence-electron chi connectivity index (χ0n) is 8.82. The van der Waals surface area contributed by atoms with Crippen LogP contribution in [0.15, 0.2) is 35.1 Å². The lowest BCUT2D eigenvalue weighted by Crippen LogP contribution is -2.13. The monoisotopic (exact) mass is 345 g/mol. The second-order valence-electron chi connectivity index (χ2n) is 3.31. The second kappa shape index (κ2) is 5.65. The fraction of sp³-hybridized carbons (Fsp3) is 0. The van der Waals surface area contributed by atoms with Gasteiger partial charge >= 0.3 is 0 Å². The van der Waals surface area contributed by atoms with E-state index in [-0.39, 0.29) is 16.9 Å². The highest BCUT2D eigenvalue weighted by atomic mass is 79.9. The van der Waals surface area contributed by atoms with Gasteiger partial charge < -0.3 is 5.32 Å². The number of carbonyl (C=O) groups excluding carboxylic acids is 1. The Kier molecular flexibility index (Phi) is 4.16. The SMILES string of the molecule is O=C(Nc1cncc(Cl)n1)c1ccc(Br)c(Cl)c1. The first-order chi connectivity index (χ1) is 8.56. The van der Waals surface area contributed by atoms with Gasteiger partial charge in [0.15, 0.2) is 5.82 Å². The van der Waals surface area contributed by atoms with Crippen molar-refractivity contribution in [2.24, 2.45) is 0 Å². The van der Waals surface area contributed by atoms with Gasteiger partial charge in [-0.2, -0.15) is 0 Å². The number of nitrogens with one attached hydrogen (secondary N) is 1. The molecule has 0 spiro atoms. The number of anilines is 1. The molecule has 2 aromatic rings. The highest BCUT2D eigenvalue weighted by Crippen LogP contribution is 2.23. The lowest BCUT2D eigenvalue weighted by atomic mass is 10.2. The molecule has 4 nitrogen and oxygen atoms in total. The van der Waals surface area contributed by atoms with Gasteiger partial charge in [0.1, 0.15) is 5.15 Å². The molecule has 0 bridgehead atoms. The number of hydrogen-bond donors (Lipinski definition) is 1. The van der Waals surface area contributed by atoms with Gasteiger partial charge in [0, 0.05) is 10.0 Å². The standard InChI is InChI=1S/C11H6BrCl2N3O/c12-7-2-1-6(3-8(7)13)11(18)17-10-5-15-4-9(14)16-10/h1-5H,(H,16,17,18). The number of halogens is 3. The third-order valence-electron chi connectivity index (χ3n) is 2.03. The van der Waals surface area contributed by atoms with Gasteiger partial charge in [-0.1, -0.05) is 23.2 Å². The Labute approximate surface area is 121 Å². The molecule has 0 saturated carbocycles. The maximum Gasteiger partial charge on any atom is 0.256 e. The van der Waals surface area contributed by atoms with Gasteiger partial charge in [-0.25, -0.2) is 4.98 Å². The molecule has 1 aromatic heterocycles. The Hall–Kier alpha value is -1.17. The molecule has 0 aliphatic carbocycles. The van der Waals surface area contributed by atoms with E-state index in [4.69, 9.17) is 23.2 Å². The van der Waals surface area contributed by atoms with Crippen LogP contribution in [0.25, 0.3) is 0 Å². The summed E-state index contributed by atoms with van der Waals surface area (Å²) in [6.45, 7) is 0. The van der Waals surface area contributed by atoms with E-state index in [0.717, 1.165) is 4.47 Å². The van der Waals surface area contributed by atoms with Crippen LogP contribution < -0.4 is 5.32 Å². The van der Waals surface area contributed by atoms with E-state index in [1.807, 2.05) is 0 Å². The molecule has 1 heterocycles. The predicted molar refractivity (Wildman–Crippen MR) is 74.1 cm³/mol. The number of carbonyl (C=O) groups is 1. The minimum Gasteiger partial charge on any atom is -0.305 e. The number of benzene rings is 1.